The van der Waals surface area contributed by atoms with Crippen LogP contribution in [-0.4, -0.2) is 54.7 Å². The van der Waals surface area contributed by atoms with Crippen LogP contribution >= 0.6 is 0 Å². The standard InChI is InChI=1S/C27H23N3O5S/c1-29-15-13-27(26(29)32)19-10-6-7-11-20(19)28-25(27)23-18-12-14-30(24(18)22(35-2)16-21(23)31)36(33,34)17-8-4-3-5-9-17/h3-12,14,16,31H,13,15H2,1-2H3. The minimum absolute atomic E-state index is 0.106. The van der Waals surface area contributed by atoms with E-state index in [9.17, 15) is 18.3 Å². The quantitative estimate of drug-likeness (QED) is 0.458. The van der Waals surface area contributed by atoms with Crippen LogP contribution in [0.3, 0.4) is 0 Å². The van der Waals surface area contributed by atoms with E-state index in [4.69, 9.17) is 9.73 Å². The topological polar surface area (TPSA) is 101 Å². The number of rotatable bonds is 4. The molecule has 3 heterocycles. The fourth-order valence-corrected chi connectivity index (χ4v) is 6.83. The molecule has 8 nitrogen and oxygen atoms in total. The lowest BCUT2D eigenvalue weighted by atomic mass is 9.73. The van der Waals surface area contributed by atoms with Gasteiger partial charge in [0.05, 0.1) is 23.4 Å². The minimum atomic E-state index is -3.97. The molecule has 2 aliphatic rings. The van der Waals surface area contributed by atoms with Gasteiger partial charge in [0.2, 0.25) is 5.91 Å². The Morgan fingerprint density at radius 1 is 1.06 bits per heavy atom. The number of fused-ring (bicyclic) bond motifs is 3. The maximum absolute atomic E-state index is 13.6. The lowest BCUT2D eigenvalue weighted by Gasteiger charge is -2.26. The molecule has 1 aromatic heterocycles. The number of nitrogens with zero attached hydrogens (tertiary/aromatic N) is 3. The van der Waals surface area contributed by atoms with E-state index < -0.39 is 15.4 Å². The summed E-state index contributed by atoms with van der Waals surface area (Å²) in [5.74, 6) is -0.0517. The van der Waals surface area contributed by atoms with Gasteiger partial charge in [-0.25, -0.2) is 12.4 Å². The fraction of sp³-hybridized carbons (Fsp3) is 0.185. The van der Waals surface area contributed by atoms with Crippen molar-refractivity contribution in [3.05, 3.63) is 84.1 Å². The van der Waals surface area contributed by atoms with E-state index >= 15 is 0 Å². The van der Waals surface area contributed by atoms with Gasteiger partial charge in [0.25, 0.3) is 10.0 Å². The summed E-state index contributed by atoms with van der Waals surface area (Å²) < 4.78 is 33.8. The zero-order valence-corrected chi connectivity index (χ0v) is 20.5. The molecule has 1 spiro atoms. The fourth-order valence-electron chi connectivity index (χ4n) is 5.45. The van der Waals surface area contributed by atoms with Gasteiger partial charge in [-0.2, -0.15) is 0 Å². The zero-order chi connectivity index (χ0) is 25.2. The number of likely N-dealkylation sites (tertiary alicyclic amines) is 1. The minimum Gasteiger partial charge on any atom is -0.507 e. The number of aliphatic imine (C=N–C) groups is 1. The molecule has 2 aliphatic heterocycles. The summed E-state index contributed by atoms with van der Waals surface area (Å²) in [5.41, 5.74) is 1.39. The monoisotopic (exact) mass is 501 g/mol. The Bertz CT molecular complexity index is 1690. The summed E-state index contributed by atoms with van der Waals surface area (Å²) in [6.45, 7) is 0.537. The molecule has 36 heavy (non-hydrogen) atoms. The summed E-state index contributed by atoms with van der Waals surface area (Å²) in [7, 11) is -0.800. The molecule has 1 saturated heterocycles. The molecule has 1 unspecified atom stereocenters. The molecule has 6 rings (SSSR count). The molecular formula is C27H23N3O5S. The van der Waals surface area contributed by atoms with Crippen LogP contribution in [0.2, 0.25) is 0 Å². The average Bonchev–Trinajstić information content (AvgIpc) is 3.56. The number of methoxy groups -OCH3 is 1. The first-order chi connectivity index (χ1) is 17.3. The van der Waals surface area contributed by atoms with E-state index in [0.717, 1.165) is 9.54 Å². The molecule has 3 aromatic carbocycles. The van der Waals surface area contributed by atoms with Gasteiger partial charge in [-0.3, -0.25) is 9.79 Å². The predicted octanol–water partition coefficient (Wildman–Crippen LogP) is 3.83. The second kappa shape index (κ2) is 7.69. The first-order valence-corrected chi connectivity index (χ1v) is 12.9. The van der Waals surface area contributed by atoms with E-state index in [-0.39, 0.29) is 27.8 Å². The van der Waals surface area contributed by atoms with Gasteiger partial charge < -0.3 is 14.7 Å². The third-order valence-electron chi connectivity index (χ3n) is 7.17. The molecule has 0 aliphatic carbocycles. The SMILES string of the molecule is COc1cc(O)c(C2=Nc3ccccc3C23CCN(C)C3=O)c2ccn(S(=O)(=O)c3ccccc3)c12. The number of aromatic nitrogens is 1. The summed E-state index contributed by atoms with van der Waals surface area (Å²) in [6, 6.07) is 18.6. The number of carbonyl (C=O) groups excluding carboxylic acids is 1. The normalized spacial score (nSPS) is 19.2. The maximum Gasteiger partial charge on any atom is 0.268 e. The van der Waals surface area contributed by atoms with Crippen molar-refractivity contribution in [3.63, 3.8) is 0 Å². The third kappa shape index (κ3) is 2.83. The highest BCUT2D eigenvalue weighted by atomic mass is 32.2. The van der Waals surface area contributed by atoms with E-state index in [0.29, 0.717) is 35.3 Å². The van der Waals surface area contributed by atoms with Crippen molar-refractivity contribution < 1.29 is 23.1 Å². The largest absolute Gasteiger partial charge is 0.507 e. The number of hydrogen-bond acceptors (Lipinski definition) is 6. The number of benzene rings is 3. The van der Waals surface area contributed by atoms with Crippen LogP contribution in [0.25, 0.3) is 10.9 Å². The molecule has 1 amide bonds. The van der Waals surface area contributed by atoms with Crippen LogP contribution in [0.4, 0.5) is 5.69 Å². The number of hydrogen-bond donors (Lipinski definition) is 1. The van der Waals surface area contributed by atoms with Crippen molar-refractivity contribution >= 4 is 38.2 Å². The van der Waals surface area contributed by atoms with Crippen LogP contribution in [0.15, 0.2) is 82.8 Å². The third-order valence-corrected chi connectivity index (χ3v) is 8.86. The summed E-state index contributed by atoms with van der Waals surface area (Å²) in [6.07, 6.45) is 1.94. The smallest absolute Gasteiger partial charge is 0.268 e. The predicted molar refractivity (Wildman–Crippen MR) is 136 cm³/mol. The van der Waals surface area contributed by atoms with Crippen molar-refractivity contribution in [1.29, 1.82) is 0 Å². The van der Waals surface area contributed by atoms with E-state index in [1.165, 1.54) is 31.5 Å². The first-order valence-electron chi connectivity index (χ1n) is 11.5. The number of phenolic OH excluding ortho intramolecular Hbond substituents is 1. The zero-order valence-electron chi connectivity index (χ0n) is 19.7. The Kier molecular flexibility index (Phi) is 4.78. The van der Waals surface area contributed by atoms with Gasteiger partial charge >= 0.3 is 0 Å². The number of phenols is 1. The molecular weight excluding hydrogens is 478 g/mol. The van der Waals surface area contributed by atoms with Crippen LogP contribution in [0.1, 0.15) is 17.5 Å². The summed E-state index contributed by atoms with van der Waals surface area (Å²) >= 11 is 0. The number of carbonyl (C=O) groups is 1. The summed E-state index contributed by atoms with van der Waals surface area (Å²) in [4.78, 5) is 20.3. The lowest BCUT2D eigenvalue weighted by Crippen LogP contribution is -2.42. The van der Waals surface area contributed by atoms with Gasteiger partial charge in [0.15, 0.2) is 0 Å². The van der Waals surface area contributed by atoms with Crippen LogP contribution in [-0.2, 0) is 20.2 Å². The van der Waals surface area contributed by atoms with Gasteiger partial charge in [0.1, 0.15) is 22.4 Å². The average molecular weight is 502 g/mol. The number of ether oxygens (including phenoxy) is 1. The van der Waals surface area contributed by atoms with Crippen LogP contribution in [0, 0.1) is 0 Å². The second-order valence-corrected chi connectivity index (χ2v) is 10.8. The van der Waals surface area contributed by atoms with Crippen LogP contribution in [0.5, 0.6) is 11.5 Å². The number of para-hydroxylation sites is 1. The Morgan fingerprint density at radius 3 is 2.47 bits per heavy atom. The molecule has 1 atom stereocenters. The highest BCUT2D eigenvalue weighted by Crippen LogP contribution is 2.51. The molecule has 9 heteroatoms. The van der Waals surface area contributed by atoms with E-state index in [1.807, 2.05) is 24.3 Å². The molecule has 4 aromatic rings. The van der Waals surface area contributed by atoms with Crippen molar-refractivity contribution in [2.24, 2.45) is 4.99 Å². The van der Waals surface area contributed by atoms with Crippen molar-refractivity contribution in [2.75, 3.05) is 20.7 Å². The van der Waals surface area contributed by atoms with Crippen molar-refractivity contribution in [3.8, 4) is 11.5 Å². The van der Waals surface area contributed by atoms with Gasteiger partial charge in [-0.1, -0.05) is 36.4 Å². The molecule has 0 radical (unpaired) electrons. The highest BCUT2D eigenvalue weighted by Gasteiger charge is 2.55. The highest BCUT2D eigenvalue weighted by molar-refractivity contribution is 7.90. The van der Waals surface area contributed by atoms with Crippen LogP contribution < -0.4 is 4.74 Å². The Balaban J connectivity index is 1.66. The Labute approximate surface area is 208 Å². The van der Waals surface area contributed by atoms with Crippen molar-refractivity contribution in [1.82, 2.24) is 8.87 Å². The van der Waals surface area contributed by atoms with E-state index in [1.54, 1.807) is 36.2 Å². The molecule has 0 saturated carbocycles. The Hall–Kier alpha value is -4.11. The number of likely N-dealkylation sites (N-methyl/N-ethyl adjacent to an activating group) is 1. The Morgan fingerprint density at radius 2 is 1.78 bits per heavy atom. The first kappa shape index (κ1) is 22.4. The molecule has 0 bridgehead atoms. The van der Waals surface area contributed by atoms with Crippen molar-refractivity contribution in [2.45, 2.75) is 16.7 Å². The number of aromatic hydroxyl groups is 1. The van der Waals surface area contributed by atoms with Gasteiger partial charge in [-0.15, -0.1) is 0 Å². The molecule has 1 fully saturated rings. The van der Waals surface area contributed by atoms with Gasteiger partial charge in [0, 0.05) is 36.8 Å². The maximum atomic E-state index is 13.6. The summed E-state index contributed by atoms with van der Waals surface area (Å²) in [5, 5.41) is 11.7. The molecule has 182 valence electrons. The number of amides is 1. The lowest BCUT2D eigenvalue weighted by molar-refractivity contribution is -0.129. The second-order valence-electron chi connectivity index (χ2n) is 9.02. The molecule has 1 N–H and O–H groups in total. The van der Waals surface area contributed by atoms with Gasteiger partial charge in [-0.05, 0) is 36.2 Å². The van der Waals surface area contributed by atoms with E-state index in [2.05, 4.69) is 0 Å².